The van der Waals surface area contributed by atoms with Crippen LogP contribution >= 0.6 is 0 Å². The molecule has 1 fully saturated rings. The summed E-state index contributed by atoms with van der Waals surface area (Å²) in [6.07, 6.45) is 0.745. The van der Waals surface area contributed by atoms with Gasteiger partial charge in [-0.1, -0.05) is 0 Å². The largest absolute Gasteiger partial charge is 0.380 e. The van der Waals surface area contributed by atoms with Gasteiger partial charge in [-0.3, -0.25) is 9.59 Å². The lowest BCUT2D eigenvalue weighted by Gasteiger charge is -2.14. The van der Waals surface area contributed by atoms with Crippen LogP contribution in [0.2, 0.25) is 0 Å². The molecule has 1 aromatic carbocycles. The fourth-order valence-electron chi connectivity index (χ4n) is 2.39. The van der Waals surface area contributed by atoms with Gasteiger partial charge in [-0.05, 0) is 37.1 Å². The Balaban J connectivity index is 2.03. The summed E-state index contributed by atoms with van der Waals surface area (Å²) in [5.74, 6) is -0.221. The molecule has 0 radical (unpaired) electrons. The predicted molar refractivity (Wildman–Crippen MR) is 80.4 cm³/mol. The number of nitrogens with one attached hydrogen (secondary N) is 3. The van der Waals surface area contributed by atoms with Gasteiger partial charge in [-0.25, -0.2) is 0 Å². The van der Waals surface area contributed by atoms with Gasteiger partial charge in [0.25, 0.3) is 5.91 Å². The topological polar surface area (TPSA) is 79.5 Å². The van der Waals surface area contributed by atoms with Crippen LogP contribution in [-0.4, -0.2) is 44.7 Å². The van der Waals surface area contributed by atoms with Crippen molar-refractivity contribution in [1.29, 1.82) is 0 Å². The second-order valence-electron chi connectivity index (χ2n) is 5.15. The number of anilines is 1. The molecule has 0 spiro atoms. The fourth-order valence-corrected chi connectivity index (χ4v) is 2.39. The van der Waals surface area contributed by atoms with Crippen molar-refractivity contribution in [3.05, 3.63) is 29.3 Å². The number of ether oxygens (including phenoxy) is 1. The van der Waals surface area contributed by atoms with Gasteiger partial charge >= 0.3 is 0 Å². The van der Waals surface area contributed by atoms with Gasteiger partial charge in [-0.2, -0.15) is 0 Å². The Bertz CT molecular complexity index is 545. The van der Waals surface area contributed by atoms with Crippen LogP contribution in [0.1, 0.15) is 22.3 Å². The molecule has 6 heteroatoms. The molecule has 1 aromatic rings. The van der Waals surface area contributed by atoms with Gasteiger partial charge in [0.15, 0.2) is 0 Å². The maximum atomic E-state index is 12.2. The second kappa shape index (κ2) is 6.69. The van der Waals surface area contributed by atoms with Crippen molar-refractivity contribution >= 4 is 17.5 Å². The van der Waals surface area contributed by atoms with Crippen LogP contribution in [0.4, 0.5) is 5.69 Å². The van der Waals surface area contributed by atoms with Crippen LogP contribution in [0.3, 0.4) is 0 Å². The quantitative estimate of drug-likeness (QED) is 0.762. The molecule has 3 N–H and O–H groups in total. The van der Waals surface area contributed by atoms with Crippen LogP contribution in [0.25, 0.3) is 0 Å². The number of rotatable bonds is 4. The number of hydrogen-bond acceptors (Lipinski definition) is 4. The molecule has 1 saturated heterocycles. The Labute approximate surface area is 124 Å². The third kappa shape index (κ3) is 3.59. The van der Waals surface area contributed by atoms with Gasteiger partial charge in [0.1, 0.15) is 0 Å². The number of carbonyl (C=O) groups excluding carboxylic acids is 2. The number of hydrogen-bond donors (Lipinski definition) is 3. The smallest absolute Gasteiger partial charge is 0.251 e. The van der Waals surface area contributed by atoms with E-state index in [4.69, 9.17) is 4.74 Å². The lowest BCUT2D eigenvalue weighted by atomic mass is 10.1. The zero-order valence-corrected chi connectivity index (χ0v) is 12.5. The molecule has 21 heavy (non-hydrogen) atoms. The highest BCUT2D eigenvalue weighted by atomic mass is 16.5. The summed E-state index contributed by atoms with van der Waals surface area (Å²) >= 11 is 0. The number of amides is 2. The Morgan fingerprint density at radius 2 is 2.14 bits per heavy atom. The summed E-state index contributed by atoms with van der Waals surface area (Å²) in [4.78, 5) is 23.8. The van der Waals surface area contributed by atoms with Crippen molar-refractivity contribution in [3.8, 4) is 0 Å². The molecule has 0 aromatic heterocycles. The average Bonchev–Trinajstić information content (AvgIpc) is 2.97. The molecule has 0 saturated carbocycles. The van der Waals surface area contributed by atoms with Crippen LogP contribution in [-0.2, 0) is 9.53 Å². The minimum atomic E-state index is -0.243. The third-order valence-corrected chi connectivity index (χ3v) is 3.71. The molecule has 1 aliphatic rings. The Kier molecular flexibility index (Phi) is 4.93. The maximum Gasteiger partial charge on any atom is 0.251 e. The first-order valence-corrected chi connectivity index (χ1v) is 6.95. The molecule has 0 aliphatic carbocycles. The van der Waals surface area contributed by atoms with E-state index in [0.717, 1.165) is 11.3 Å². The summed E-state index contributed by atoms with van der Waals surface area (Å²) in [5.41, 5.74) is 2.15. The molecule has 2 amide bonds. The van der Waals surface area contributed by atoms with Crippen molar-refractivity contribution in [2.24, 2.45) is 0 Å². The van der Waals surface area contributed by atoms with Crippen molar-refractivity contribution in [2.75, 3.05) is 26.0 Å². The van der Waals surface area contributed by atoms with E-state index in [1.165, 1.54) is 0 Å². The van der Waals surface area contributed by atoms with Gasteiger partial charge in [0, 0.05) is 32.0 Å². The van der Waals surface area contributed by atoms with Crippen LogP contribution in [0.15, 0.2) is 18.2 Å². The summed E-state index contributed by atoms with van der Waals surface area (Å²) in [6.45, 7) is 2.55. The van der Waals surface area contributed by atoms with Gasteiger partial charge in [-0.15, -0.1) is 0 Å². The summed E-state index contributed by atoms with van der Waals surface area (Å²) in [5, 5.41) is 8.60. The molecular formula is C15H21N3O3. The molecule has 114 valence electrons. The molecule has 0 bridgehead atoms. The maximum absolute atomic E-state index is 12.2. The van der Waals surface area contributed by atoms with Crippen molar-refractivity contribution in [1.82, 2.24) is 10.6 Å². The molecule has 2 unspecified atom stereocenters. The SMILES string of the molecule is CNC(=O)c1ccc(NC(=O)C2CC(OC)CN2)c(C)c1. The highest BCUT2D eigenvalue weighted by Gasteiger charge is 2.29. The Morgan fingerprint density at radius 1 is 1.38 bits per heavy atom. The van der Waals surface area contributed by atoms with Gasteiger partial charge in [0.2, 0.25) is 5.91 Å². The van der Waals surface area contributed by atoms with E-state index in [-0.39, 0.29) is 24.0 Å². The molecular weight excluding hydrogens is 270 g/mol. The summed E-state index contributed by atoms with van der Waals surface area (Å²) in [6, 6.07) is 4.96. The van der Waals surface area contributed by atoms with E-state index >= 15 is 0 Å². The van der Waals surface area contributed by atoms with E-state index in [2.05, 4.69) is 16.0 Å². The molecule has 2 atom stereocenters. The third-order valence-electron chi connectivity index (χ3n) is 3.71. The molecule has 6 nitrogen and oxygen atoms in total. The fraction of sp³-hybridized carbons (Fsp3) is 0.467. The normalized spacial score (nSPS) is 21.1. The standard InChI is InChI=1S/C15H21N3O3/c1-9-6-10(14(19)16-2)4-5-12(9)18-15(20)13-7-11(21-3)8-17-13/h4-6,11,13,17H,7-8H2,1-3H3,(H,16,19)(H,18,20). The minimum Gasteiger partial charge on any atom is -0.380 e. The summed E-state index contributed by atoms with van der Waals surface area (Å²) in [7, 11) is 3.24. The number of carbonyl (C=O) groups is 2. The highest BCUT2D eigenvalue weighted by molar-refractivity contribution is 5.98. The van der Waals surface area contributed by atoms with Gasteiger partial charge in [0.05, 0.1) is 12.1 Å². The Morgan fingerprint density at radius 3 is 2.71 bits per heavy atom. The molecule has 2 rings (SSSR count). The van der Waals surface area contributed by atoms with E-state index < -0.39 is 0 Å². The van der Waals surface area contributed by atoms with Crippen LogP contribution in [0, 0.1) is 6.92 Å². The second-order valence-corrected chi connectivity index (χ2v) is 5.15. The van der Waals surface area contributed by atoms with Crippen LogP contribution < -0.4 is 16.0 Å². The van der Waals surface area contributed by atoms with E-state index in [1.807, 2.05) is 6.92 Å². The lowest BCUT2D eigenvalue weighted by molar-refractivity contribution is -0.118. The number of aryl methyl sites for hydroxylation is 1. The first-order valence-electron chi connectivity index (χ1n) is 6.95. The first-order chi connectivity index (χ1) is 10.0. The molecule has 1 aliphatic heterocycles. The zero-order valence-electron chi connectivity index (χ0n) is 12.5. The molecule has 1 heterocycles. The number of methoxy groups -OCH3 is 1. The Hall–Kier alpha value is -1.92. The number of benzene rings is 1. The highest BCUT2D eigenvalue weighted by Crippen LogP contribution is 2.18. The van der Waals surface area contributed by atoms with E-state index in [1.54, 1.807) is 32.4 Å². The minimum absolute atomic E-state index is 0.0784. The van der Waals surface area contributed by atoms with Crippen molar-refractivity contribution in [3.63, 3.8) is 0 Å². The van der Waals surface area contributed by atoms with E-state index in [9.17, 15) is 9.59 Å². The zero-order chi connectivity index (χ0) is 15.4. The van der Waals surface area contributed by atoms with Crippen molar-refractivity contribution < 1.29 is 14.3 Å². The lowest BCUT2D eigenvalue weighted by Crippen LogP contribution is -2.35. The monoisotopic (exact) mass is 291 g/mol. The van der Waals surface area contributed by atoms with Crippen LogP contribution in [0.5, 0.6) is 0 Å². The summed E-state index contributed by atoms with van der Waals surface area (Å²) < 4.78 is 5.23. The first kappa shape index (κ1) is 15.5. The van der Waals surface area contributed by atoms with Crippen molar-refractivity contribution in [2.45, 2.75) is 25.5 Å². The van der Waals surface area contributed by atoms with Gasteiger partial charge < -0.3 is 20.7 Å². The average molecular weight is 291 g/mol. The van der Waals surface area contributed by atoms with E-state index in [0.29, 0.717) is 18.5 Å². The predicted octanol–water partition coefficient (Wildman–Crippen LogP) is 0.670.